The maximum Gasteiger partial charge on any atom is 0.0124 e. The van der Waals surface area contributed by atoms with Crippen LogP contribution in [0.15, 0.2) is 0 Å². The van der Waals surface area contributed by atoms with Crippen molar-refractivity contribution in [3.63, 3.8) is 0 Å². The minimum absolute atomic E-state index is 0.830. The van der Waals surface area contributed by atoms with Gasteiger partial charge in [-0.05, 0) is 57.0 Å². The van der Waals surface area contributed by atoms with Crippen LogP contribution in [-0.2, 0) is 0 Å². The van der Waals surface area contributed by atoms with Crippen LogP contribution in [0.5, 0.6) is 0 Å². The highest BCUT2D eigenvalue weighted by Crippen LogP contribution is 2.36. The maximum absolute atomic E-state index is 3.60. The molecule has 1 N–H and O–H groups in total. The molecule has 1 heterocycles. The molecule has 2 aliphatic rings. The highest BCUT2D eigenvalue weighted by molar-refractivity contribution is 4.89. The lowest BCUT2D eigenvalue weighted by molar-refractivity contribution is 0.114. The molecule has 100 valence electrons. The molecule has 0 amide bonds. The summed E-state index contributed by atoms with van der Waals surface area (Å²) in [5.41, 5.74) is 0. The van der Waals surface area contributed by atoms with E-state index in [1.165, 1.54) is 64.7 Å². The van der Waals surface area contributed by atoms with Gasteiger partial charge in [-0.3, -0.25) is 4.90 Å². The van der Waals surface area contributed by atoms with E-state index in [-0.39, 0.29) is 0 Å². The van der Waals surface area contributed by atoms with Crippen LogP contribution in [0.3, 0.4) is 0 Å². The van der Waals surface area contributed by atoms with Crippen LogP contribution in [0.25, 0.3) is 0 Å². The lowest BCUT2D eigenvalue weighted by Crippen LogP contribution is -2.45. The number of hydrogen-bond donors (Lipinski definition) is 1. The molecule has 17 heavy (non-hydrogen) atoms. The van der Waals surface area contributed by atoms with Gasteiger partial charge in [-0.25, -0.2) is 0 Å². The largest absolute Gasteiger partial charge is 0.315 e. The van der Waals surface area contributed by atoms with Gasteiger partial charge < -0.3 is 5.32 Å². The van der Waals surface area contributed by atoms with Crippen molar-refractivity contribution in [3.05, 3.63) is 0 Å². The number of piperidine rings is 1. The van der Waals surface area contributed by atoms with Crippen LogP contribution in [0.1, 0.15) is 52.4 Å². The summed E-state index contributed by atoms with van der Waals surface area (Å²) in [5.74, 6) is 1.87. The molecule has 0 aromatic carbocycles. The van der Waals surface area contributed by atoms with Gasteiger partial charge in [-0.15, -0.1) is 0 Å². The average molecular weight is 238 g/mol. The second-order valence-electron chi connectivity index (χ2n) is 6.37. The Hall–Kier alpha value is -0.0800. The maximum atomic E-state index is 3.60. The van der Waals surface area contributed by atoms with Crippen LogP contribution in [0.4, 0.5) is 0 Å². The molecule has 2 rings (SSSR count). The Morgan fingerprint density at radius 3 is 2.76 bits per heavy atom. The molecule has 2 fully saturated rings. The van der Waals surface area contributed by atoms with Crippen LogP contribution < -0.4 is 5.32 Å². The first-order chi connectivity index (χ1) is 8.27. The van der Waals surface area contributed by atoms with E-state index < -0.39 is 0 Å². The van der Waals surface area contributed by atoms with Gasteiger partial charge in [0.15, 0.2) is 0 Å². The standard InChI is InChI=1S/C15H30N2/c1-13(2)8-9-16-10-12-17-11-4-6-14-5-3-7-15(14)17/h13-16H,3-12H2,1-2H3. The van der Waals surface area contributed by atoms with Crippen molar-refractivity contribution in [2.45, 2.75) is 58.4 Å². The monoisotopic (exact) mass is 238 g/mol. The second-order valence-corrected chi connectivity index (χ2v) is 6.37. The molecule has 2 unspecified atom stereocenters. The molecule has 1 saturated carbocycles. The van der Waals surface area contributed by atoms with Gasteiger partial charge in [-0.1, -0.05) is 20.3 Å². The van der Waals surface area contributed by atoms with Crippen LogP contribution in [0, 0.1) is 11.8 Å². The zero-order valence-electron chi connectivity index (χ0n) is 11.8. The number of fused-ring (bicyclic) bond motifs is 1. The Labute approximate surface area is 107 Å². The number of hydrogen-bond acceptors (Lipinski definition) is 2. The third-order valence-corrected chi connectivity index (χ3v) is 4.58. The van der Waals surface area contributed by atoms with E-state index in [0.29, 0.717) is 0 Å². The molecule has 0 aromatic heterocycles. The zero-order chi connectivity index (χ0) is 12.1. The Kier molecular flexibility index (Phi) is 5.30. The fourth-order valence-electron chi connectivity index (χ4n) is 3.57. The molecule has 2 nitrogen and oxygen atoms in total. The van der Waals surface area contributed by atoms with Crippen LogP contribution in [0.2, 0.25) is 0 Å². The van der Waals surface area contributed by atoms with Crippen molar-refractivity contribution in [1.82, 2.24) is 10.2 Å². The predicted molar refractivity (Wildman–Crippen MR) is 74.3 cm³/mol. The Morgan fingerprint density at radius 2 is 1.94 bits per heavy atom. The molecule has 1 saturated heterocycles. The van der Waals surface area contributed by atoms with Crippen molar-refractivity contribution >= 4 is 0 Å². The summed E-state index contributed by atoms with van der Waals surface area (Å²) in [4.78, 5) is 2.77. The van der Waals surface area contributed by atoms with Crippen LogP contribution >= 0.6 is 0 Å². The molecule has 0 spiro atoms. The normalized spacial score (nSPS) is 29.8. The van der Waals surface area contributed by atoms with E-state index in [1.54, 1.807) is 0 Å². The van der Waals surface area contributed by atoms with Gasteiger partial charge in [0, 0.05) is 19.1 Å². The summed E-state index contributed by atoms with van der Waals surface area (Å²) in [7, 11) is 0. The first-order valence-electron chi connectivity index (χ1n) is 7.72. The van der Waals surface area contributed by atoms with Gasteiger partial charge in [0.1, 0.15) is 0 Å². The number of likely N-dealkylation sites (tertiary alicyclic amines) is 1. The lowest BCUT2D eigenvalue weighted by Gasteiger charge is -2.37. The van der Waals surface area contributed by atoms with Gasteiger partial charge in [-0.2, -0.15) is 0 Å². The van der Waals surface area contributed by atoms with Gasteiger partial charge >= 0.3 is 0 Å². The Balaban J connectivity index is 1.61. The second kappa shape index (κ2) is 6.75. The first-order valence-corrected chi connectivity index (χ1v) is 7.72. The summed E-state index contributed by atoms with van der Waals surface area (Å²) in [5, 5.41) is 3.60. The van der Waals surface area contributed by atoms with E-state index >= 15 is 0 Å². The molecule has 0 radical (unpaired) electrons. The third kappa shape index (κ3) is 3.96. The zero-order valence-corrected chi connectivity index (χ0v) is 11.8. The lowest BCUT2D eigenvalue weighted by atomic mass is 9.92. The number of rotatable bonds is 6. The van der Waals surface area contributed by atoms with Crippen LogP contribution in [-0.4, -0.2) is 37.1 Å². The molecule has 0 bridgehead atoms. The molecule has 2 atom stereocenters. The predicted octanol–water partition coefficient (Wildman–Crippen LogP) is 2.89. The first kappa shape index (κ1) is 13.4. The molecular formula is C15H30N2. The van der Waals surface area contributed by atoms with Crippen molar-refractivity contribution in [2.24, 2.45) is 11.8 Å². The summed E-state index contributed by atoms with van der Waals surface area (Å²) in [6.07, 6.45) is 8.70. The summed E-state index contributed by atoms with van der Waals surface area (Å²) < 4.78 is 0. The molecule has 1 aliphatic carbocycles. The van der Waals surface area contributed by atoms with E-state index in [9.17, 15) is 0 Å². The minimum Gasteiger partial charge on any atom is -0.315 e. The van der Waals surface area contributed by atoms with Crippen molar-refractivity contribution in [2.75, 3.05) is 26.2 Å². The third-order valence-electron chi connectivity index (χ3n) is 4.58. The summed E-state index contributed by atoms with van der Waals surface area (Å²) in [6, 6.07) is 0.940. The molecular weight excluding hydrogens is 208 g/mol. The van der Waals surface area contributed by atoms with Gasteiger partial charge in [0.2, 0.25) is 0 Å². The van der Waals surface area contributed by atoms with Gasteiger partial charge in [0.25, 0.3) is 0 Å². The molecule has 0 aromatic rings. The SMILES string of the molecule is CC(C)CCNCCN1CCCC2CCCC21. The number of nitrogens with one attached hydrogen (secondary N) is 1. The fourth-order valence-corrected chi connectivity index (χ4v) is 3.57. The highest BCUT2D eigenvalue weighted by Gasteiger charge is 2.34. The Bertz CT molecular complexity index is 215. The fraction of sp³-hybridized carbons (Fsp3) is 1.00. The van der Waals surface area contributed by atoms with Crippen molar-refractivity contribution in [1.29, 1.82) is 0 Å². The number of nitrogens with zero attached hydrogens (tertiary/aromatic N) is 1. The van der Waals surface area contributed by atoms with E-state index in [1.807, 2.05) is 0 Å². The van der Waals surface area contributed by atoms with E-state index in [0.717, 1.165) is 17.9 Å². The Morgan fingerprint density at radius 1 is 1.12 bits per heavy atom. The quantitative estimate of drug-likeness (QED) is 0.716. The minimum atomic E-state index is 0.830. The van der Waals surface area contributed by atoms with E-state index in [4.69, 9.17) is 0 Å². The summed E-state index contributed by atoms with van der Waals surface area (Å²) >= 11 is 0. The van der Waals surface area contributed by atoms with Gasteiger partial charge in [0.05, 0.1) is 0 Å². The van der Waals surface area contributed by atoms with Crippen molar-refractivity contribution in [3.8, 4) is 0 Å². The average Bonchev–Trinajstić information content (AvgIpc) is 2.77. The smallest absolute Gasteiger partial charge is 0.0124 e. The summed E-state index contributed by atoms with van der Waals surface area (Å²) in [6.45, 7) is 9.62. The molecule has 2 heteroatoms. The highest BCUT2D eigenvalue weighted by atomic mass is 15.2. The van der Waals surface area contributed by atoms with E-state index in [2.05, 4.69) is 24.1 Å². The van der Waals surface area contributed by atoms with Crippen molar-refractivity contribution < 1.29 is 0 Å². The topological polar surface area (TPSA) is 15.3 Å². The molecule has 1 aliphatic heterocycles.